The fraction of sp³-hybridized carbons (Fsp3) is 0.571. The van der Waals surface area contributed by atoms with E-state index in [9.17, 15) is 13.2 Å². The van der Waals surface area contributed by atoms with Gasteiger partial charge >= 0.3 is 6.18 Å². The van der Waals surface area contributed by atoms with E-state index in [4.69, 9.17) is 0 Å². The summed E-state index contributed by atoms with van der Waals surface area (Å²) in [5.74, 6) is 0. The number of alkyl halides is 3. The number of aryl methyl sites for hydroxylation is 1. The lowest BCUT2D eigenvalue weighted by Crippen LogP contribution is -2.47. The lowest BCUT2D eigenvalue weighted by Gasteiger charge is -2.19. The largest absolute Gasteiger partial charge is 0.416 e. The Morgan fingerprint density at radius 3 is 2.11 bits per heavy atom. The van der Waals surface area contributed by atoms with E-state index in [0.29, 0.717) is 13.0 Å². The molecule has 0 aliphatic heterocycles. The average Bonchev–Trinajstić information content (AvgIpc) is 2.23. The molecule has 0 atom stereocenters. The Bertz CT molecular complexity index is 402. The monoisotopic (exact) mass is 260 g/mol. The molecule has 0 spiro atoms. The third kappa shape index (κ3) is 4.33. The highest BCUT2D eigenvalue weighted by Gasteiger charge is 2.31. The fourth-order valence-electron chi connectivity index (χ4n) is 1.79. The van der Waals surface area contributed by atoms with Crippen LogP contribution < -0.4 is 5.73 Å². The van der Waals surface area contributed by atoms with Crippen LogP contribution in [0, 0.1) is 5.41 Å². The molecule has 0 heterocycles. The van der Waals surface area contributed by atoms with Crippen molar-refractivity contribution in [3.8, 4) is 0 Å². The molecule has 0 aliphatic rings. The first-order chi connectivity index (χ1) is 8.13. The van der Waals surface area contributed by atoms with Crippen LogP contribution in [0.3, 0.4) is 0 Å². The van der Waals surface area contributed by atoms with Gasteiger partial charge < -0.3 is 5.73 Å². The van der Waals surface area contributed by atoms with Crippen LogP contribution in [0.4, 0.5) is 13.2 Å². The van der Waals surface area contributed by atoms with Crippen LogP contribution in [0.1, 0.15) is 43.9 Å². The minimum atomic E-state index is -4.27. The second-order valence-electron chi connectivity index (χ2n) is 5.79. The van der Waals surface area contributed by atoms with Gasteiger partial charge in [-0.15, -0.1) is 0 Å². The van der Waals surface area contributed by atoms with E-state index < -0.39 is 11.7 Å². The van der Waals surface area contributed by atoms with Crippen LogP contribution in [0.2, 0.25) is 0 Å². The van der Waals surface area contributed by atoms with Gasteiger partial charge in [0.1, 0.15) is 0 Å². The van der Waals surface area contributed by atoms with Crippen LogP contribution in [-0.2, 0) is 19.1 Å². The molecule has 3 N–H and O–H groups in total. The smallest absolute Gasteiger partial charge is 0.354 e. The zero-order chi connectivity index (χ0) is 14.0. The molecular formula is C14H21F3N+. The van der Waals surface area contributed by atoms with Crippen LogP contribution >= 0.6 is 0 Å². The zero-order valence-corrected chi connectivity index (χ0v) is 11.2. The Labute approximate surface area is 106 Å². The van der Waals surface area contributed by atoms with Crippen molar-refractivity contribution in [1.82, 2.24) is 0 Å². The predicted molar refractivity (Wildman–Crippen MR) is 65.8 cm³/mol. The molecule has 1 rings (SSSR count). The van der Waals surface area contributed by atoms with E-state index >= 15 is 0 Å². The Kier molecular flexibility index (Phi) is 4.43. The van der Waals surface area contributed by atoms with Crippen molar-refractivity contribution in [3.63, 3.8) is 0 Å². The van der Waals surface area contributed by atoms with Gasteiger partial charge in [-0.05, 0) is 36.0 Å². The van der Waals surface area contributed by atoms with E-state index in [1.165, 1.54) is 6.07 Å². The number of hydrogen-bond acceptors (Lipinski definition) is 0. The van der Waals surface area contributed by atoms with Crippen LogP contribution in [-0.4, -0.2) is 0 Å². The normalized spacial score (nSPS) is 12.8. The van der Waals surface area contributed by atoms with Gasteiger partial charge in [-0.2, -0.15) is 13.2 Å². The van der Waals surface area contributed by atoms with E-state index in [1.807, 2.05) is 0 Å². The summed E-state index contributed by atoms with van der Waals surface area (Å²) >= 11 is 0. The fourth-order valence-corrected chi connectivity index (χ4v) is 1.79. The van der Waals surface area contributed by atoms with Gasteiger partial charge in [0, 0.05) is 5.56 Å². The molecule has 102 valence electrons. The lowest BCUT2D eigenvalue weighted by atomic mass is 9.87. The van der Waals surface area contributed by atoms with E-state index in [-0.39, 0.29) is 5.41 Å². The molecule has 0 amide bonds. The Morgan fingerprint density at radius 1 is 1.06 bits per heavy atom. The summed E-state index contributed by atoms with van der Waals surface area (Å²) in [5.41, 5.74) is 5.01. The Hall–Kier alpha value is -1.03. The quantitative estimate of drug-likeness (QED) is 0.862. The summed E-state index contributed by atoms with van der Waals surface area (Å²) in [6.07, 6.45) is -2.74. The Balaban J connectivity index is 3.00. The molecular weight excluding hydrogens is 239 g/mol. The maximum absolute atomic E-state index is 12.7. The van der Waals surface area contributed by atoms with Crippen molar-refractivity contribution >= 4 is 0 Å². The summed E-state index contributed by atoms with van der Waals surface area (Å²) in [4.78, 5) is 0. The third-order valence-corrected chi connectivity index (χ3v) is 2.95. The third-order valence-electron chi connectivity index (χ3n) is 2.95. The van der Waals surface area contributed by atoms with Gasteiger partial charge in [-0.25, -0.2) is 0 Å². The second-order valence-corrected chi connectivity index (χ2v) is 5.79. The van der Waals surface area contributed by atoms with Crippen molar-refractivity contribution in [2.75, 3.05) is 0 Å². The molecule has 0 radical (unpaired) electrons. The Morgan fingerprint density at radius 2 is 1.67 bits per heavy atom. The van der Waals surface area contributed by atoms with Crippen LogP contribution in [0.5, 0.6) is 0 Å². The standard InChI is InChI=1S/C14H20F3N/c1-13(2,3)7-6-10-8-12(14(15,16)17)5-4-11(10)9-18/h4-5,8H,6-7,9,18H2,1-3H3/p+1. The van der Waals surface area contributed by atoms with E-state index in [0.717, 1.165) is 23.6 Å². The van der Waals surface area contributed by atoms with Gasteiger partial charge in [-0.1, -0.05) is 26.8 Å². The molecule has 4 heteroatoms. The topological polar surface area (TPSA) is 27.6 Å². The highest BCUT2D eigenvalue weighted by molar-refractivity contribution is 5.33. The SMILES string of the molecule is CC(C)(C)CCc1cc(C(F)(F)F)ccc1C[NH3+]. The molecule has 0 saturated carbocycles. The maximum atomic E-state index is 12.7. The summed E-state index contributed by atoms with van der Waals surface area (Å²) < 4.78 is 38.0. The molecule has 0 aromatic heterocycles. The molecule has 1 aromatic rings. The van der Waals surface area contributed by atoms with Gasteiger partial charge in [0.2, 0.25) is 0 Å². The van der Waals surface area contributed by atoms with Gasteiger partial charge in [0.15, 0.2) is 0 Å². The van der Waals surface area contributed by atoms with Gasteiger partial charge in [-0.3, -0.25) is 0 Å². The number of rotatable bonds is 3. The summed E-state index contributed by atoms with van der Waals surface area (Å²) in [6.45, 7) is 6.79. The number of halogens is 3. The molecule has 0 fully saturated rings. The first-order valence-electron chi connectivity index (χ1n) is 6.12. The lowest BCUT2D eigenvalue weighted by molar-refractivity contribution is -0.386. The number of hydrogen-bond donors (Lipinski definition) is 1. The zero-order valence-electron chi connectivity index (χ0n) is 11.2. The van der Waals surface area contributed by atoms with Crippen LogP contribution in [0.25, 0.3) is 0 Å². The van der Waals surface area contributed by atoms with Crippen molar-refractivity contribution in [2.45, 2.75) is 46.3 Å². The van der Waals surface area contributed by atoms with E-state index in [1.54, 1.807) is 6.07 Å². The summed E-state index contributed by atoms with van der Waals surface area (Å²) in [6, 6.07) is 3.96. The predicted octanol–water partition coefficient (Wildman–Crippen LogP) is 3.43. The summed E-state index contributed by atoms with van der Waals surface area (Å²) in [7, 11) is 0. The van der Waals surface area contributed by atoms with Crippen molar-refractivity contribution in [3.05, 3.63) is 34.9 Å². The molecule has 0 unspecified atom stereocenters. The number of quaternary nitrogens is 1. The van der Waals surface area contributed by atoms with Gasteiger partial charge in [0.25, 0.3) is 0 Å². The first kappa shape index (κ1) is 15.0. The van der Waals surface area contributed by atoms with E-state index in [2.05, 4.69) is 26.5 Å². The minimum Gasteiger partial charge on any atom is -0.354 e. The number of benzene rings is 1. The molecule has 0 bridgehead atoms. The van der Waals surface area contributed by atoms with Crippen molar-refractivity contribution < 1.29 is 18.9 Å². The van der Waals surface area contributed by atoms with Crippen molar-refractivity contribution in [1.29, 1.82) is 0 Å². The molecule has 1 nitrogen and oxygen atoms in total. The summed E-state index contributed by atoms with van der Waals surface area (Å²) in [5, 5.41) is 0. The molecule has 0 aliphatic carbocycles. The minimum absolute atomic E-state index is 0.118. The highest BCUT2D eigenvalue weighted by atomic mass is 19.4. The molecule has 0 saturated heterocycles. The first-order valence-corrected chi connectivity index (χ1v) is 6.12. The second kappa shape index (κ2) is 5.31. The van der Waals surface area contributed by atoms with Crippen molar-refractivity contribution in [2.24, 2.45) is 5.41 Å². The average molecular weight is 260 g/mol. The van der Waals surface area contributed by atoms with Gasteiger partial charge in [0.05, 0.1) is 12.1 Å². The van der Waals surface area contributed by atoms with Crippen LogP contribution in [0.15, 0.2) is 18.2 Å². The highest BCUT2D eigenvalue weighted by Crippen LogP contribution is 2.31. The molecule has 18 heavy (non-hydrogen) atoms. The molecule has 1 aromatic carbocycles. The maximum Gasteiger partial charge on any atom is 0.416 e.